The number of nitrogens with one attached hydrogen (secondary N) is 1. The smallest absolute Gasteiger partial charge is 0.153 e. The van der Waals surface area contributed by atoms with Crippen LogP contribution in [0.2, 0.25) is 0 Å². The van der Waals surface area contributed by atoms with Crippen LogP contribution in [0.5, 0.6) is 5.75 Å². The quantitative estimate of drug-likeness (QED) is 0.292. The number of anilines is 2. The first-order valence-corrected chi connectivity index (χ1v) is 16.0. The van der Waals surface area contributed by atoms with Crippen molar-refractivity contribution in [1.82, 2.24) is 9.88 Å². The molecule has 2 aromatic carbocycles. The van der Waals surface area contributed by atoms with Crippen LogP contribution in [-0.4, -0.2) is 55.4 Å². The van der Waals surface area contributed by atoms with E-state index in [1.807, 2.05) is 25.4 Å². The molecule has 6 nitrogen and oxygen atoms in total. The van der Waals surface area contributed by atoms with Gasteiger partial charge in [0.1, 0.15) is 23.1 Å². The summed E-state index contributed by atoms with van der Waals surface area (Å²) in [6, 6.07) is 15.3. The van der Waals surface area contributed by atoms with Gasteiger partial charge in [0.15, 0.2) is 6.29 Å². The Morgan fingerprint density at radius 3 is 2.65 bits per heavy atom. The molecule has 7 rings (SSSR count). The lowest BCUT2D eigenvalue weighted by molar-refractivity contribution is -0.0228. The van der Waals surface area contributed by atoms with Crippen LogP contribution in [0, 0.1) is 11.2 Å². The van der Waals surface area contributed by atoms with Crippen molar-refractivity contribution in [2.75, 3.05) is 43.0 Å². The second kappa shape index (κ2) is 11.2. The van der Waals surface area contributed by atoms with Crippen LogP contribution in [-0.2, 0) is 0 Å². The topological polar surface area (TPSA) is 51.8 Å². The largest absolute Gasteiger partial charge is 0.459 e. The van der Waals surface area contributed by atoms with Crippen molar-refractivity contribution >= 4 is 23.9 Å². The minimum atomic E-state index is -0.358. The van der Waals surface area contributed by atoms with Gasteiger partial charge in [0, 0.05) is 50.0 Å². The van der Waals surface area contributed by atoms with Crippen molar-refractivity contribution in [1.29, 1.82) is 0 Å². The first kappa shape index (κ1) is 28.2. The first-order valence-electron chi connectivity index (χ1n) is 16.0. The number of likely N-dealkylation sites (N-methyl/N-ethyl adjacent to an activating group) is 1. The van der Waals surface area contributed by atoms with E-state index in [1.165, 1.54) is 49.4 Å². The first-order chi connectivity index (χ1) is 20.8. The molecular formula is C36H43FN4O2. The van der Waals surface area contributed by atoms with Crippen molar-refractivity contribution in [2.24, 2.45) is 5.41 Å². The second-order valence-corrected chi connectivity index (χ2v) is 13.5. The molecule has 2 saturated heterocycles. The number of aldehydes is 1. The van der Waals surface area contributed by atoms with E-state index in [0.29, 0.717) is 47.7 Å². The Morgan fingerprint density at radius 2 is 1.88 bits per heavy atom. The molecule has 7 heteroatoms. The molecule has 1 N–H and O–H groups in total. The number of carbonyl (C=O) groups excluding carboxylic acids is 1. The fourth-order valence-corrected chi connectivity index (χ4v) is 8.24. The molecule has 4 heterocycles. The maximum absolute atomic E-state index is 15.4. The van der Waals surface area contributed by atoms with Crippen LogP contribution in [0.25, 0.3) is 6.08 Å². The Morgan fingerprint density at radius 1 is 1.09 bits per heavy atom. The Hall–Kier alpha value is -3.58. The summed E-state index contributed by atoms with van der Waals surface area (Å²) in [5.74, 6) is 2.35. The lowest BCUT2D eigenvalue weighted by Gasteiger charge is -2.56. The Labute approximate surface area is 254 Å². The van der Waals surface area contributed by atoms with E-state index >= 15 is 4.39 Å². The van der Waals surface area contributed by atoms with Gasteiger partial charge in [0.2, 0.25) is 0 Å². The fraction of sp³-hybridized carbons (Fsp3) is 0.472. The Bertz CT molecular complexity index is 1530. The second-order valence-electron chi connectivity index (χ2n) is 13.5. The lowest BCUT2D eigenvalue weighted by Crippen LogP contribution is -2.55. The lowest BCUT2D eigenvalue weighted by atomic mass is 9.59. The average molecular weight is 583 g/mol. The van der Waals surface area contributed by atoms with Crippen LogP contribution in [0.15, 0.2) is 54.4 Å². The molecular weight excluding hydrogens is 539 g/mol. The van der Waals surface area contributed by atoms with Crippen molar-refractivity contribution in [3.8, 4) is 5.75 Å². The summed E-state index contributed by atoms with van der Waals surface area (Å²) in [5, 5.41) is 0. The third-order valence-electron chi connectivity index (χ3n) is 10.5. The van der Waals surface area contributed by atoms with Crippen LogP contribution in [0.1, 0.15) is 91.4 Å². The molecule has 226 valence electrons. The predicted octanol–water partition coefficient (Wildman–Crippen LogP) is 7.55. The number of benzene rings is 2. The zero-order valence-electron chi connectivity index (χ0n) is 25.6. The molecule has 4 aliphatic rings. The summed E-state index contributed by atoms with van der Waals surface area (Å²) in [4.78, 5) is 22.1. The third kappa shape index (κ3) is 5.16. The van der Waals surface area contributed by atoms with E-state index in [2.05, 4.69) is 57.8 Å². The summed E-state index contributed by atoms with van der Waals surface area (Å²) in [5.41, 5.74) is 5.18. The average Bonchev–Trinajstić information content (AvgIpc) is 3.67. The number of piperidine rings is 1. The number of aromatic amines is 1. The molecule has 1 aliphatic carbocycles. The summed E-state index contributed by atoms with van der Waals surface area (Å²) in [6.45, 7) is 8.01. The highest BCUT2D eigenvalue weighted by Crippen LogP contribution is 2.54. The number of carbonyl (C=O) groups is 1. The number of H-pyrrole nitrogens is 1. The van der Waals surface area contributed by atoms with Gasteiger partial charge in [-0.25, -0.2) is 4.39 Å². The highest BCUT2D eigenvalue weighted by atomic mass is 19.1. The van der Waals surface area contributed by atoms with Gasteiger partial charge >= 0.3 is 0 Å². The molecule has 0 amide bonds. The van der Waals surface area contributed by atoms with Gasteiger partial charge in [-0.15, -0.1) is 0 Å². The van der Waals surface area contributed by atoms with Crippen LogP contribution in [0.3, 0.4) is 0 Å². The molecule has 1 aromatic heterocycles. The summed E-state index contributed by atoms with van der Waals surface area (Å²) in [7, 11) is 1.99. The number of halogens is 1. The minimum Gasteiger partial charge on any atom is -0.459 e. The molecule has 1 atom stereocenters. The van der Waals surface area contributed by atoms with E-state index in [9.17, 15) is 4.79 Å². The van der Waals surface area contributed by atoms with E-state index in [4.69, 9.17) is 4.74 Å². The number of likely N-dealkylation sites (tertiary alicyclic amines) is 1. The van der Waals surface area contributed by atoms with Crippen LogP contribution >= 0.6 is 0 Å². The monoisotopic (exact) mass is 582 g/mol. The number of nitrogens with zero attached hydrogens (tertiary/aromatic N) is 3. The standard InChI is InChI=1S/C36H43FN4O2/c1-24(2)29-7-4-5-8-30(29)32-9-6-14-41(32)27-20-36(21-27)11-15-40(16-12-36)33-19-34(26(23-42)18-31(33)37)43-28-17-25-10-13-38-35(25)39(3)22-28/h4-5,7-8,10,13,17-19,23-24,27,32,38H,6,9,11-12,14-16,20-22H2,1-3H3. The van der Waals surface area contributed by atoms with E-state index < -0.39 is 0 Å². The fourth-order valence-electron chi connectivity index (χ4n) is 8.24. The van der Waals surface area contributed by atoms with Gasteiger partial charge in [0.25, 0.3) is 0 Å². The van der Waals surface area contributed by atoms with E-state index in [-0.39, 0.29) is 11.4 Å². The minimum absolute atomic E-state index is 0.235. The normalized spacial score (nSPS) is 22.1. The van der Waals surface area contributed by atoms with Crippen LogP contribution < -0.4 is 14.5 Å². The molecule has 1 saturated carbocycles. The SMILES string of the molecule is CC(C)c1ccccc1C1CCCN1C1CC2(CCN(c3cc(OC4=Cc5cc[nH]c5N(C)C4)c(C=O)cc3F)CC2)C1. The van der Waals surface area contributed by atoms with Gasteiger partial charge in [-0.1, -0.05) is 38.1 Å². The maximum Gasteiger partial charge on any atom is 0.153 e. The van der Waals surface area contributed by atoms with E-state index in [1.54, 1.807) is 6.07 Å². The third-order valence-corrected chi connectivity index (χ3v) is 10.5. The van der Waals surface area contributed by atoms with Gasteiger partial charge in [-0.2, -0.15) is 0 Å². The maximum atomic E-state index is 15.4. The summed E-state index contributed by atoms with van der Waals surface area (Å²) >= 11 is 0. The van der Waals surface area contributed by atoms with Gasteiger partial charge in [0.05, 0.1) is 17.8 Å². The zero-order chi connectivity index (χ0) is 29.7. The number of aromatic nitrogens is 1. The molecule has 3 aliphatic heterocycles. The molecule has 1 spiro atoms. The van der Waals surface area contributed by atoms with Crippen molar-refractivity contribution < 1.29 is 13.9 Å². The number of fused-ring (bicyclic) bond motifs is 1. The number of rotatable bonds is 7. The predicted molar refractivity (Wildman–Crippen MR) is 171 cm³/mol. The van der Waals surface area contributed by atoms with Gasteiger partial charge < -0.3 is 19.5 Å². The summed E-state index contributed by atoms with van der Waals surface area (Å²) in [6.07, 6.45) is 11.7. The molecule has 1 unspecified atom stereocenters. The number of ether oxygens (including phenoxy) is 1. The number of hydrogen-bond donors (Lipinski definition) is 1. The van der Waals surface area contributed by atoms with Gasteiger partial charge in [-0.05, 0) is 85.7 Å². The molecule has 0 bridgehead atoms. The highest BCUT2D eigenvalue weighted by molar-refractivity contribution is 5.81. The van der Waals surface area contributed by atoms with Crippen LogP contribution in [0.4, 0.5) is 15.9 Å². The van der Waals surface area contributed by atoms with E-state index in [0.717, 1.165) is 43.1 Å². The highest BCUT2D eigenvalue weighted by Gasteiger charge is 2.50. The molecule has 3 aromatic rings. The summed E-state index contributed by atoms with van der Waals surface area (Å²) < 4.78 is 21.6. The molecule has 3 fully saturated rings. The number of hydrogen-bond acceptors (Lipinski definition) is 5. The van der Waals surface area contributed by atoms with Crippen molar-refractivity contribution in [2.45, 2.75) is 70.4 Å². The van der Waals surface area contributed by atoms with Crippen molar-refractivity contribution in [3.63, 3.8) is 0 Å². The molecule has 0 radical (unpaired) electrons. The Balaban J connectivity index is 1.02. The van der Waals surface area contributed by atoms with Crippen molar-refractivity contribution in [3.05, 3.63) is 82.5 Å². The van der Waals surface area contributed by atoms with Gasteiger partial charge in [-0.3, -0.25) is 9.69 Å². The Kier molecular flexibility index (Phi) is 7.32. The zero-order valence-corrected chi connectivity index (χ0v) is 25.6. The molecule has 43 heavy (non-hydrogen) atoms.